The van der Waals surface area contributed by atoms with E-state index in [2.05, 4.69) is 48.9 Å². The summed E-state index contributed by atoms with van der Waals surface area (Å²) in [5, 5.41) is 3.04. The number of anilines is 1. The van der Waals surface area contributed by atoms with Crippen LogP contribution in [-0.2, 0) is 0 Å². The normalized spacial score (nSPS) is 11.4. The first-order valence-corrected chi connectivity index (χ1v) is 7.87. The van der Waals surface area contributed by atoms with Gasteiger partial charge in [0.1, 0.15) is 0 Å². The van der Waals surface area contributed by atoms with Crippen LogP contribution in [0.4, 0.5) is 5.69 Å². The first kappa shape index (κ1) is 17.0. The second-order valence-electron chi connectivity index (χ2n) is 6.03. The van der Waals surface area contributed by atoms with E-state index in [1.807, 2.05) is 19.1 Å². The number of hydrogen-bond acceptors (Lipinski definition) is 2. The van der Waals surface area contributed by atoms with Crippen molar-refractivity contribution in [1.82, 2.24) is 5.32 Å². The van der Waals surface area contributed by atoms with Gasteiger partial charge >= 0.3 is 0 Å². The largest absolute Gasteiger partial charge is 0.398 e. The van der Waals surface area contributed by atoms with Crippen molar-refractivity contribution >= 4 is 27.5 Å². The highest BCUT2D eigenvalue weighted by Crippen LogP contribution is 2.23. The molecule has 0 aromatic heterocycles. The first-order valence-electron chi connectivity index (χ1n) is 7.07. The number of carbonyl (C=O) groups excluding carboxylic acids is 1. The fourth-order valence-corrected chi connectivity index (χ4v) is 2.96. The molecule has 112 valence electrons. The van der Waals surface area contributed by atoms with Crippen LogP contribution in [0.2, 0.25) is 0 Å². The average Bonchev–Trinajstić information content (AvgIpc) is 2.32. The Morgan fingerprint density at radius 1 is 1.25 bits per heavy atom. The van der Waals surface area contributed by atoms with E-state index in [0.29, 0.717) is 35.5 Å². The van der Waals surface area contributed by atoms with Gasteiger partial charge in [-0.3, -0.25) is 4.79 Å². The third kappa shape index (κ3) is 4.23. The zero-order valence-electron chi connectivity index (χ0n) is 13.0. The van der Waals surface area contributed by atoms with Gasteiger partial charge in [0.2, 0.25) is 0 Å². The van der Waals surface area contributed by atoms with Gasteiger partial charge in [0.05, 0.1) is 0 Å². The van der Waals surface area contributed by atoms with E-state index in [-0.39, 0.29) is 5.91 Å². The summed E-state index contributed by atoms with van der Waals surface area (Å²) >= 11 is 3.38. The Morgan fingerprint density at radius 3 is 2.30 bits per heavy atom. The van der Waals surface area contributed by atoms with E-state index in [0.717, 1.165) is 10.0 Å². The SMILES string of the molecule is Cc1c(N)cc(Br)cc1C(=O)NCC(C(C)C)C(C)C. The molecule has 0 spiro atoms. The van der Waals surface area contributed by atoms with E-state index < -0.39 is 0 Å². The Hall–Kier alpha value is -1.03. The zero-order chi connectivity index (χ0) is 15.4. The van der Waals surface area contributed by atoms with Crippen LogP contribution in [0, 0.1) is 24.7 Å². The molecule has 1 rings (SSSR count). The maximum atomic E-state index is 12.3. The molecule has 0 fully saturated rings. The van der Waals surface area contributed by atoms with Crippen LogP contribution in [0.5, 0.6) is 0 Å². The topological polar surface area (TPSA) is 55.1 Å². The number of halogens is 1. The summed E-state index contributed by atoms with van der Waals surface area (Å²) < 4.78 is 0.829. The van der Waals surface area contributed by atoms with Gasteiger partial charge in [-0.05, 0) is 42.4 Å². The molecule has 1 amide bonds. The zero-order valence-corrected chi connectivity index (χ0v) is 14.5. The second-order valence-corrected chi connectivity index (χ2v) is 6.95. The van der Waals surface area contributed by atoms with Gasteiger partial charge in [0.25, 0.3) is 5.91 Å². The summed E-state index contributed by atoms with van der Waals surface area (Å²) in [6, 6.07) is 3.64. The van der Waals surface area contributed by atoms with Crippen molar-refractivity contribution in [3.05, 3.63) is 27.7 Å². The number of nitrogens with one attached hydrogen (secondary N) is 1. The van der Waals surface area contributed by atoms with Crippen LogP contribution >= 0.6 is 15.9 Å². The number of carbonyl (C=O) groups is 1. The standard InChI is InChI=1S/C16H25BrN2O/c1-9(2)14(10(3)4)8-19-16(20)13-6-12(17)7-15(18)11(13)5/h6-7,9-10,14H,8,18H2,1-5H3,(H,19,20). The summed E-state index contributed by atoms with van der Waals surface area (Å²) in [5.41, 5.74) is 8.01. The van der Waals surface area contributed by atoms with Crippen LogP contribution in [0.1, 0.15) is 43.6 Å². The Kier molecular flexibility index (Phi) is 6.06. The van der Waals surface area contributed by atoms with Crippen LogP contribution in [0.3, 0.4) is 0 Å². The summed E-state index contributed by atoms with van der Waals surface area (Å²) in [7, 11) is 0. The van der Waals surface area contributed by atoms with Gasteiger partial charge in [-0.1, -0.05) is 43.6 Å². The fraction of sp³-hybridized carbons (Fsp3) is 0.562. The second kappa shape index (κ2) is 7.11. The van der Waals surface area contributed by atoms with Gasteiger partial charge < -0.3 is 11.1 Å². The lowest BCUT2D eigenvalue weighted by atomic mass is 9.85. The average molecular weight is 341 g/mol. The molecule has 0 atom stereocenters. The van der Waals surface area contributed by atoms with Gasteiger partial charge in [-0.2, -0.15) is 0 Å². The molecule has 3 N–H and O–H groups in total. The molecule has 0 saturated carbocycles. The Balaban J connectivity index is 2.82. The minimum absolute atomic E-state index is 0.0539. The molecule has 1 aromatic rings. The third-order valence-electron chi connectivity index (χ3n) is 3.87. The first-order chi connectivity index (χ1) is 9.23. The fourth-order valence-electron chi connectivity index (χ4n) is 2.48. The number of benzene rings is 1. The smallest absolute Gasteiger partial charge is 0.251 e. The highest BCUT2D eigenvalue weighted by molar-refractivity contribution is 9.10. The predicted octanol–water partition coefficient (Wildman–Crippen LogP) is 4.00. The number of amides is 1. The molecular weight excluding hydrogens is 316 g/mol. The van der Waals surface area contributed by atoms with Crippen LogP contribution in [0.15, 0.2) is 16.6 Å². The van der Waals surface area contributed by atoms with Gasteiger partial charge in [-0.15, -0.1) is 0 Å². The van der Waals surface area contributed by atoms with Crippen molar-refractivity contribution in [2.45, 2.75) is 34.6 Å². The molecule has 3 nitrogen and oxygen atoms in total. The molecule has 0 unspecified atom stereocenters. The van der Waals surface area contributed by atoms with E-state index >= 15 is 0 Å². The van der Waals surface area contributed by atoms with Crippen molar-refractivity contribution in [2.24, 2.45) is 17.8 Å². The Bertz CT molecular complexity index is 476. The van der Waals surface area contributed by atoms with Gasteiger partial charge in [-0.25, -0.2) is 0 Å². The lowest BCUT2D eigenvalue weighted by Gasteiger charge is -2.25. The van der Waals surface area contributed by atoms with Crippen molar-refractivity contribution in [3.63, 3.8) is 0 Å². The molecule has 0 bridgehead atoms. The highest BCUT2D eigenvalue weighted by Gasteiger charge is 2.19. The quantitative estimate of drug-likeness (QED) is 0.796. The van der Waals surface area contributed by atoms with Crippen LogP contribution in [0.25, 0.3) is 0 Å². The van der Waals surface area contributed by atoms with E-state index in [1.165, 1.54) is 0 Å². The molecule has 0 heterocycles. The molecule has 0 saturated heterocycles. The monoisotopic (exact) mass is 340 g/mol. The van der Waals surface area contributed by atoms with E-state index in [1.54, 1.807) is 0 Å². The molecule has 20 heavy (non-hydrogen) atoms. The highest BCUT2D eigenvalue weighted by atomic mass is 79.9. The summed E-state index contributed by atoms with van der Waals surface area (Å²) in [6.45, 7) is 11.3. The van der Waals surface area contributed by atoms with Gasteiger partial charge in [0, 0.05) is 22.3 Å². The molecule has 1 aromatic carbocycles. The number of nitrogens with two attached hydrogens (primary N) is 1. The summed E-state index contributed by atoms with van der Waals surface area (Å²) in [4.78, 5) is 12.3. The minimum atomic E-state index is -0.0539. The maximum Gasteiger partial charge on any atom is 0.251 e. The van der Waals surface area contributed by atoms with Crippen molar-refractivity contribution in [3.8, 4) is 0 Å². The predicted molar refractivity (Wildman–Crippen MR) is 88.8 cm³/mol. The number of nitrogen functional groups attached to an aromatic ring is 1. The molecule has 0 radical (unpaired) electrons. The number of hydrogen-bond donors (Lipinski definition) is 2. The lowest BCUT2D eigenvalue weighted by Crippen LogP contribution is -2.34. The number of rotatable bonds is 5. The molecule has 0 aliphatic heterocycles. The van der Waals surface area contributed by atoms with E-state index in [9.17, 15) is 4.79 Å². The molecule has 4 heteroatoms. The van der Waals surface area contributed by atoms with Gasteiger partial charge in [0.15, 0.2) is 0 Å². The maximum absolute atomic E-state index is 12.3. The van der Waals surface area contributed by atoms with Crippen LogP contribution in [-0.4, -0.2) is 12.5 Å². The molecule has 0 aliphatic rings. The lowest BCUT2D eigenvalue weighted by molar-refractivity contribution is 0.0936. The summed E-state index contributed by atoms with van der Waals surface area (Å²) in [6.07, 6.45) is 0. The van der Waals surface area contributed by atoms with Crippen LogP contribution < -0.4 is 11.1 Å². The third-order valence-corrected chi connectivity index (χ3v) is 4.33. The molecular formula is C16H25BrN2O. The minimum Gasteiger partial charge on any atom is -0.398 e. The Labute approximate surface area is 130 Å². The van der Waals surface area contributed by atoms with Crippen molar-refractivity contribution in [2.75, 3.05) is 12.3 Å². The van der Waals surface area contributed by atoms with E-state index in [4.69, 9.17) is 5.73 Å². The molecule has 0 aliphatic carbocycles. The Morgan fingerprint density at radius 2 is 1.80 bits per heavy atom. The summed E-state index contributed by atoms with van der Waals surface area (Å²) in [5.74, 6) is 1.51. The van der Waals surface area contributed by atoms with Crippen molar-refractivity contribution in [1.29, 1.82) is 0 Å². The van der Waals surface area contributed by atoms with Crippen molar-refractivity contribution < 1.29 is 4.79 Å².